The molecule has 0 saturated carbocycles. The van der Waals surface area contributed by atoms with Gasteiger partial charge in [-0.05, 0) is 48.4 Å². The van der Waals surface area contributed by atoms with E-state index in [-0.39, 0.29) is 22.6 Å². The molecule has 1 aliphatic rings. The van der Waals surface area contributed by atoms with Gasteiger partial charge in [-0.2, -0.15) is 0 Å². The zero-order chi connectivity index (χ0) is 25.3. The third-order valence-corrected chi connectivity index (χ3v) is 6.81. The number of esters is 2. The first-order valence-corrected chi connectivity index (χ1v) is 12.1. The lowest BCUT2D eigenvalue weighted by Crippen LogP contribution is -2.39. The second-order valence-corrected chi connectivity index (χ2v) is 9.56. The minimum atomic E-state index is -0.816. The van der Waals surface area contributed by atoms with Crippen LogP contribution in [-0.2, 0) is 14.3 Å². The molecule has 10 heteroatoms. The molecular formula is C25H21BrN2O6S. The van der Waals surface area contributed by atoms with Crippen molar-refractivity contribution < 1.29 is 23.8 Å². The van der Waals surface area contributed by atoms with Crippen molar-refractivity contribution in [3.8, 4) is 11.5 Å². The molecule has 0 radical (unpaired) electrons. The van der Waals surface area contributed by atoms with Crippen molar-refractivity contribution in [2.45, 2.75) is 19.9 Å². The second-order valence-electron chi connectivity index (χ2n) is 7.63. The Morgan fingerprint density at radius 3 is 2.57 bits per heavy atom. The van der Waals surface area contributed by atoms with E-state index in [2.05, 4.69) is 20.9 Å². The number of fused-ring (bicyclic) bond motifs is 1. The first-order valence-electron chi connectivity index (χ1n) is 10.5. The van der Waals surface area contributed by atoms with Gasteiger partial charge in [-0.1, -0.05) is 45.5 Å². The second kappa shape index (κ2) is 10.0. The van der Waals surface area contributed by atoms with Crippen LogP contribution in [-0.4, -0.2) is 30.7 Å². The molecule has 0 spiro atoms. The van der Waals surface area contributed by atoms with Gasteiger partial charge in [-0.15, -0.1) is 0 Å². The zero-order valence-electron chi connectivity index (χ0n) is 19.3. The number of carbonyl (C=O) groups is 2. The van der Waals surface area contributed by atoms with Crippen molar-refractivity contribution in [3.63, 3.8) is 0 Å². The van der Waals surface area contributed by atoms with Crippen LogP contribution in [0.25, 0.3) is 6.08 Å². The maximum atomic E-state index is 13.6. The Kier molecular flexibility index (Phi) is 7.04. The lowest BCUT2D eigenvalue weighted by atomic mass is 9.95. The maximum Gasteiger partial charge on any atom is 0.338 e. The largest absolute Gasteiger partial charge is 0.493 e. The highest BCUT2D eigenvalue weighted by Gasteiger charge is 2.33. The van der Waals surface area contributed by atoms with E-state index in [4.69, 9.17) is 14.2 Å². The normalized spacial score (nSPS) is 15.3. The average Bonchev–Trinajstić information content (AvgIpc) is 3.12. The molecular weight excluding hydrogens is 536 g/mol. The third kappa shape index (κ3) is 4.85. The maximum absolute atomic E-state index is 13.6. The van der Waals surface area contributed by atoms with E-state index >= 15 is 0 Å². The predicted molar refractivity (Wildman–Crippen MR) is 134 cm³/mol. The number of carbonyl (C=O) groups excluding carboxylic acids is 2. The summed E-state index contributed by atoms with van der Waals surface area (Å²) in [7, 11) is 2.72. The number of hydrogen-bond donors (Lipinski definition) is 0. The number of benzene rings is 2. The number of halogens is 1. The summed E-state index contributed by atoms with van der Waals surface area (Å²) >= 11 is 4.68. The van der Waals surface area contributed by atoms with E-state index in [1.807, 2.05) is 24.3 Å². The number of rotatable bonds is 5. The van der Waals surface area contributed by atoms with Crippen LogP contribution in [0.15, 0.2) is 68.0 Å². The zero-order valence-corrected chi connectivity index (χ0v) is 21.7. The van der Waals surface area contributed by atoms with Crippen molar-refractivity contribution >= 4 is 45.3 Å². The van der Waals surface area contributed by atoms with Gasteiger partial charge in [-0.25, -0.2) is 9.79 Å². The minimum Gasteiger partial charge on any atom is -0.493 e. The number of hydrogen-bond acceptors (Lipinski definition) is 8. The summed E-state index contributed by atoms with van der Waals surface area (Å²) in [5.74, 6) is -0.581. The van der Waals surface area contributed by atoms with Gasteiger partial charge >= 0.3 is 11.9 Å². The molecule has 2 heterocycles. The fourth-order valence-electron chi connectivity index (χ4n) is 3.85. The Bertz CT molecular complexity index is 1550. The first kappa shape index (κ1) is 24.6. The molecule has 180 valence electrons. The molecule has 35 heavy (non-hydrogen) atoms. The molecule has 0 aliphatic carbocycles. The Morgan fingerprint density at radius 2 is 1.91 bits per heavy atom. The molecule has 0 unspecified atom stereocenters. The smallest absolute Gasteiger partial charge is 0.338 e. The molecule has 2 aromatic carbocycles. The SMILES string of the molecule is COC(=O)C1=C(C)N=c2s/c(=C/c3cccc(Br)c3)c(=O)n2[C@H]1c1ccc(OC(C)=O)c(OC)c1. The highest BCUT2D eigenvalue weighted by Crippen LogP contribution is 2.36. The van der Waals surface area contributed by atoms with Gasteiger partial charge in [0.25, 0.3) is 5.56 Å². The summed E-state index contributed by atoms with van der Waals surface area (Å²) in [5.41, 5.74) is 1.80. The summed E-state index contributed by atoms with van der Waals surface area (Å²) in [6, 6.07) is 11.6. The summed E-state index contributed by atoms with van der Waals surface area (Å²) in [5, 5.41) is 0. The van der Waals surface area contributed by atoms with Crippen molar-refractivity contribution in [1.29, 1.82) is 0 Å². The van der Waals surface area contributed by atoms with Gasteiger partial charge in [0.15, 0.2) is 16.3 Å². The summed E-state index contributed by atoms with van der Waals surface area (Å²) < 4.78 is 18.5. The van der Waals surface area contributed by atoms with E-state index in [1.54, 1.807) is 31.2 Å². The van der Waals surface area contributed by atoms with Crippen molar-refractivity contribution in [2.24, 2.45) is 4.99 Å². The monoisotopic (exact) mass is 556 g/mol. The van der Waals surface area contributed by atoms with E-state index in [0.717, 1.165) is 10.0 Å². The number of ether oxygens (including phenoxy) is 3. The Hall–Kier alpha value is -3.50. The van der Waals surface area contributed by atoms with Gasteiger partial charge in [0, 0.05) is 11.4 Å². The lowest BCUT2D eigenvalue weighted by Gasteiger charge is -2.25. The van der Waals surface area contributed by atoms with E-state index in [9.17, 15) is 14.4 Å². The quantitative estimate of drug-likeness (QED) is 0.354. The fourth-order valence-corrected chi connectivity index (χ4v) is 5.31. The predicted octanol–water partition coefficient (Wildman–Crippen LogP) is 3.10. The van der Waals surface area contributed by atoms with Crippen LogP contribution in [0, 0.1) is 0 Å². The van der Waals surface area contributed by atoms with Crippen molar-refractivity contribution in [1.82, 2.24) is 4.57 Å². The lowest BCUT2D eigenvalue weighted by molar-refractivity contribution is -0.136. The number of nitrogens with zero attached hydrogens (tertiary/aromatic N) is 2. The summed E-state index contributed by atoms with van der Waals surface area (Å²) in [6.07, 6.45) is 1.78. The van der Waals surface area contributed by atoms with Crippen LogP contribution in [0.4, 0.5) is 0 Å². The first-order chi connectivity index (χ1) is 16.7. The fraction of sp³-hybridized carbons (Fsp3) is 0.200. The summed E-state index contributed by atoms with van der Waals surface area (Å²) in [6.45, 7) is 2.99. The van der Waals surface area contributed by atoms with Crippen molar-refractivity contribution in [3.05, 3.63) is 89.0 Å². The molecule has 4 rings (SSSR count). The van der Waals surface area contributed by atoms with Crippen LogP contribution in [0.3, 0.4) is 0 Å². The van der Waals surface area contributed by atoms with Crippen molar-refractivity contribution in [2.75, 3.05) is 14.2 Å². The highest BCUT2D eigenvalue weighted by molar-refractivity contribution is 9.10. The highest BCUT2D eigenvalue weighted by atomic mass is 79.9. The van der Waals surface area contributed by atoms with Crippen LogP contribution in [0.5, 0.6) is 11.5 Å². The summed E-state index contributed by atoms with van der Waals surface area (Å²) in [4.78, 5) is 42.9. The van der Waals surface area contributed by atoms with Crippen LogP contribution < -0.4 is 24.4 Å². The van der Waals surface area contributed by atoms with Gasteiger partial charge < -0.3 is 14.2 Å². The molecule has 0 saturated heterocycles. The van der Waals surface area contributed by atoms with Crippen LogP contribution in [0.2, 0.25) is 0 Å². The van der Waals surface area contributed by atoms with Crippen LogP contribution >= 0.6 is 27.3 Å². The van der Waals surface area contributed by atoms with E-state index in [0.29, 0.717) is 20.6 Å². The molecule has 0 amide bonds. The molecule has 3 aromatic rings. The van der Waals surface area contributed by atoms with Gasteiger partial charge in [0.2, 0.25) is 0 Å². The Balaban J connectivity index is 1.96. The Labute approximate surface area is 212 Å². The standard InChI is InChI=1S/C25H21BrN2O6S/c1-13-21(24(31)33-4)22(16-8-9-18(34-14(2)29)19(12-16)32-3)28-23(30)20(35-25(28)27-13)11-15-6-5-7-17(26)10-15/h5-12,22H,1-4H3/b20-11+/t22-/m0/s1. The molecule has 1 atom stereocenters. The van der Waals surface area contributed by atoms with Crippen LogP contribution in [0.1, 0.15) is 31.0 Å². The van der Waals surface area contributed by atoms with Gasteiger partial charge in [-0.3, -0.25) is 14.2 Å². The van der Waals surface area contributed by atoms with E-state index in [1.165, 1.54) is 37.0 Å². The minimum absolute atomic E-state index is 0.228. The number of aromatic nitrogens is 1. The van der Waals surface area contributed by atoms with Gasteiger partial charge in [0.05, 0.1) is 36.1 Å². The number of allylic oxidation sites excluding steroid dienone is 1. The van der Waals surface area contributed by atoms with Gasteiger partial charge in [0.1, 0.15) is 0 Å². The molecule has 0 fully saturated rings. The molecule has 0 bridgehead atoms. The number of methoxy groups -OCH3 is 2. The number of thiazole rings is 1. The van der Waals surface area contributed by atoms with E-state index < -0.39 is 18.0 Å². The average molecular weight is 557 g/mol. The molecule has 0 N–H and O–H groups in total. The Morgan fingerprint density at radius 1 is 1.14 bits per heavy atom. The molecule has 1 aliphatic heterocycles. The molecule has 1 aromatic heterocycles. The topological polar surface area (TPSA) is 96.2 Å². The molecule has 8 nitrogen and oxygen atoms in total. The third-order valence-electron chi connectivity index (χ3n) is 5.33.